The molecule has 0 aromatic carbocycles. The summed E-state index contributed by atoms with van der Waals surface area (Å²) in [6.45, 7) is 60.6. The molecule has 10 bridgehead atoms. The molecule has 0 radical (unpaired) electrons. The first-order valence-corrected chi connectivity index (χ1v) is 54.7. The van der Waals surface area contributed by atoms with Gasteiger partial charge in [-0.3, -0.25) is 38.4 Å². The van der Waals surface area contributed by atoms with Crippen molar-refractivity contribution in [2.75, 3.05) is 24.3 Å². The summed E-state index contributed by atoms with van der Waals surface area (Å²) < 4.78 is 18.8. The zero-order chi connectivity index (χ0) is 97.9. The number of Topliss-reactive ketones (excluding diaryl/α,β-unsaturated/α-hetero) is 5. The summed E-state index contributed by atoms with van der Waals surface area (Å²) in [6.07, 6.45) is 24.5. The van der Waals surface area contributed by atoms with Crippen molar-refractivity contribution in [3.63, 3.8) is 0 Å². The second kappa shape index (κ2) is 39.7. The minimum Gasteiger partial charge on any atom is -0.461 e. The van der Waals surface area contributed by atoms with E-state index in [1.54, 1.807) is 11.8 Å². The molecule has 22 heteroatoms. The summed E-state index contributed by atoms with van der Waals surface area (Å²) >= 11 is 4.73. The fourth-order valence-corrected chi connectivity index (χ4v) is 34.7. The van der Waals surface area contributed by atoms with Crippen molar-refractivity contribution in [2.24, 2.45) is 154 Å². The van der Waals surface area contributed by atoms with E-state index in [0.717, 1.165) is 103 Å². The molecule has 19 nitrogen and oxygen atoms in total. The number of carbonyl (C=O) groups excluding carboxylic acids is 8. The molecule has 8 N–H and O–H groups in total. The van der Waals surface area contributed by atoms with E-state index in [-0.39, 0.29) is 155 Å². The van der Waals surface area contributed by atoms with E-state index in [2.05, 4.69) is 156 Å². The molecule has 746 valence electrons. The molecule has 0 spiro atoms. The number of carbonyl (C=O) groups is 8. The molecule has 0 amide bonds. The number of fused-ring (bicyclic) bond motifs is 2. The van der Waals surface area contributed by atoms with Crippen LogP contribution in [0.5, 0.6) is 0 Å². The van der Waals surface area contributed by atoms with Gasteiger partial charge in [-0.05, 0) is 230 Å². The van der Waals surface area contributed by atoms with Crippen molar-refractivity contribution in [1.82, 2.24) is 4.90 Å². The molecule has 16 aliphatic rings. The Hall–Kier alpha value is -3.55. The summed E-state index contributed by atoms with van der Waals surface area (Å²) in [6, 6.07) is 1.37. The molecule has 5 unspecified atom stereocenters. The van der Waals surface area contributed by atoms with E-state index < -0.39 is 98.3 Å². The lowest BCUT2D eigenvalue weighted by atomic mass is 9.44. The highest BCUT2D eigenvalue weighted by atomic mass is 32.2. The summed E-state index contributed by atoms with van der Waals surface area (Å²) in [4.78, 5) is 108. The minimum atomic E-state index is -0.665. The van der Waals surface area contributed by atoms with Gasteiger partial charge in [0.25, 0.3) is 0 Å². The molecule has 16 rings (SSSR count). The number of nitrogens with two attached hydrogens (primary N) is 1. The van der Waals surface area contributed by atoms with Gasteiger partial charge in [0, 0.05) is 138 Å². The van der Waals surface area contributed by atoms with E-state index in [0.29, 0.717) is 117 Å². The lowest BCUT2D eigenvalue weighted by Gasteiger charge is -2.61. The van der Waals surface area contributed by atoms with Crippen LogP contribution in [-0.2, 0) is 52.6 Å². The Morgan fingerprint density at radius 2 is 0.773 bits per heavy atom. The van der Waals surface area contributed by atoms with E-state index in [9.17, 15) is 69.0 Å². The smallest absolute Gasteiger partial charge is 0.316 e. The Kier molecular flexibility index (Phi) is 32.3. The van der Waals surface area contributed by atoms with Crippen LogP contribution in [0.25, 0.3) is 0 Å². The Bertz CT molecular complexity index is 4260. The Morgan fingerprint density at radius 1 is 0.455 bits per heavy atom. The van der Waals surface area contributed by atoms with E-state index in [1.807, 2.05) is 52.0 Å². The van der Waals surface area contributed by atoms with Crippen molar-refractivity contribution < 1.29 is 83.2 Å². The van der Waals surface area contributed by atoms with E-state index in [4.69, 9.17) is 19.9 Å². The van der Waals surface area contributed by atoms with E-state index >= 15 is 0 Å². The van der Waals surface area contributed by atoms with Gasteiger partial charge in [-0.15, -0.1) is 61.6 Å². The number of aliphatic hydroxyl groups excluding tert-OH is 6. The number of esters is 3. The zero-order valence-electron chi connectivity index (χ0n) is 85.1. The standard InChI is InChI=1S/C33H54O5S.C29H45NO4S.C28H45NO5S.C20H32O3/c1-11-31(9)18-26(38-27(36)19-39-30(7,8)15-13-24(34)22(5)20(2)3)32(10)21(4)12-16-33(23(6)29(31)37)17-14-25(35)28(32)33;1-7-27(4)15-23(34-24(32)16-35-21-13-19-12-20(14-21)30(19)6)28(5)17(2)8-10-29(18(3)26(27)33)11-9-22(31)25(28)29;1-6-26(4)14-22(34-23(32)15-35-21-8-7-18(29)13-20(21)31)27(5)16(2)9-11-28(17(3)25(26)33)12-10-19(30)24(27)28;1-6-18(4)11-15(22)19(5)12(2)7-9-20(13(3)17(18)23)10-8-14(21)16(19)20/h11,20-23,26,28-29,37H,1,12-19H2,2-10H3;7,17-21,23,25-26,33H,1,8-16H2,2-6H3;6,16-18,20-22,24-25,31,33H,1,7-15,29H2,2-5H3;6,12-13,15-17,22-23H,1,7-11H2,2-5H3/t21-,22?,23+,26-,28+,29+,31+,32+,33+;17-,18+,19-,20+,21?,23-,25+,26+,27+,28+,29+;16-,17+,18?,20?,21?,22-,24+,25+,26+,27+,28+;12-,13+,15-,16+,17+,18+,19+,20+/m1111/s1. The number of hydrogen-bond acceptors (Lipinski definition) is 22. The first-order valence-electron chi connectivity index (χ1n) is 51.6. The lowest BCUT2D eigenvalue weighted by molar-refractivity contribution is -0.205. The monoisotopic (exact) mass is 1890 g/mol. The molecule has 39 atom stereocenters. The Labute approximate surface area is 807 Å². The van der Waals surface area contributed by atoms with Gasteiger partial charge >= 0.3 is 17.9 Å². The molecule has 16 fully saturated rings. The predicted molar refractivity (Wildman–Crippen MR) is 529 cm³/mol. The number of ketones is 5. The maximum absolute atomic E-state index is 13.5. The molecule has 14 aliphatic carbocycles. The normalized spacial score (nSPS) is 48.5. The summed E-state index contributed by atoms with van der Waals surface area (Å²) in [5.41, 5.74) is 0.854. The molecule has 14 saturated carbocycles. The summed E-state index contributed by atoms with van der Waals surface area (Å²) in [5, 5.41) is 68.1. The highest BCUT2D eigenvalue weighted by molar-refractivity contribution is 8.01. The molecular formula is C110H176N2O17S3. The SMILES string of the molecule is C=C[C@@]1(C)C[C@@H](O)[C@]2(C)[C@H](C)CC[C@]3(CCC(=O)[C@H]32)[C@@H](C)[C@@H]1O.C=C[C@@]1(C)C[C@@H](OC(=O)CSC(C)(C)CCC(=O)C(C)C(C)C)[C@]2(C)[C@H](C)CC[C@]3(CCC(=O)[C@H]32)[C@@H](C)[C@@H]1O.C=C[C@@]1(C)C[C@@H](OC(=O)CSC2CCC(N)CC2O)[C@]2(C)[C@H](C)CC[C@]3(CCC(=O)[C@H]32)[C@@H](C)[C@@H]1O.C=C[C@@]1(C)C[C@@H](OC(=O)CSC2C[C@@H]3C[C@H](C2)N3C)[C@]2(C)[C@H](C)CC[C@]3(CCC(=O)[C@H]32)[C@@H](C)[C@@H]1O. The molecule has 0 aromatic heterocycles. The van der Waals surface area contributed by atoms with Gasteiger partial charge in [0.1, 0.15) is 47.2 Å². The van der Waals surface area contributed by atoms with Gasteiger partial charge in [0.05, 0.1) is 53.9 Å². The third-order valence-corrected chi connectivity index (χ3v) is 46.5. The fraction of sp³-hybridized carbons (Fsp3) is 0.855. The topological polar surface area (TPSA) is 315 Å². The zero-order valence-corrected chi connectivity index (χ0v) is 87.6. The van der Waals surface area contributed by atoms with Crippen molar-refractivity contribution in [3.8, 4) is 0 Å². The van der Waals surface area contributed by atoms with Gasteiger partial charge in [0.15, 0.2) is 0 Å². The predicted octanol–water partition coefficient (Wildman–Crippen LogP) is 19.1. The minimum absolute atomic E-state index is 0.00292. The summed E-state index contributed by atoms with van der Waals surface area (Å²) in [7, 11) is 2.21. The van der Waals surface area contributed by atoms with Crippen LogP contribution in [0.3, 0.4) is 0 Å². The van der Waals surface area contributed by atoms with Crippen molar-refractivity contribution in [2.45, 2.75) is 413 Å². The largest absolute Gasteiger partial charge is 0.461 e. The second-order valence-electron chi connectivity index (χ2n) is 49.4. The maximum Gasteiger partial charge on any atom is 0.316 e. The number of nitrogens with zero attached hydrogens (tertiary/aromatic N) is 1. The van der Waals surface area contributed by atoms with Crippen LogP contribution in [0.1, 0.15) is 325 Å². The number of piperidine rings is 1. The maximum atomic E-state index is 13.5. The average molecular weight is 1890 g/mol. The Balaban J connectivity index is 0.000000161. The van der Waals surface area contributed by atoms with Gasteiger partial charge in [-0.25, -0.2) is 0 Å². The highest BCUT2D eigenvalue weighted by Gasteiger charge is 2.74. The number of ether oxygens (including phenoxy) is 3. The first-order chi connectivity index (χ1) is 61.4. The number of rotatable bonds is 21. The molecule has 2 heterocycles. The van der Waals surface area contributed by atoms with Gasteiger partial charge < -0.3 is 55.5 Å². The second-order valence-corrected chi connectivity index (χ2v) is 53.6. The van der Waals surface area contributed by atoms with E-state index in [1.165, 1.54) is 29.9 Å². The van der Waals surface area contributed by atoms with Crippen LogP contribution in [0.2, 0.25) is 0 Å². The third-order valence-electron chi connectivity index (χ3n) is 42.5. The number of aliphatic hydroxyl groups is 6. The molecule has 2 aliphatic heterocycles. The molecule has 2 saturated heterocycles. The molecular weight excluding hydrogens is 1720 g/mol. The Morgan fingerprint density at radius 3 is 1.10 bits per heavy atom. The first kappa shape index (κ1) is 107. The summed E-state index contributed by atoms with van der Waals surface area (Å²) in [5.74, 6) is 1.96. The van der Waals surface area contributed by atoms with Crippen molar-refractivity contribution in [1.29, 1.82) is 0 Å². The van der Waals surface area contributed by atoms with Gasteiger partial charge in [-0.2, -0.15) is 0 Å². The van der Waals surface area contributed by atoms with Crippen molar-refractivity contribution >= 4 is 82.1 Å². The fourth-order valence-electron chi connectivity index (χ4n) is 31.7. The molecule has 132 heavy (non-hydrogen) atoms. The molecule has 0 aromatic rings. The lowest BCUT2D eigenvalue weighted by Crippen LogP contribution is -2.63. The van der Waals surface area contributed by atoms with Crippen LogP contribution in [0, 0.1) is 148 Å². The van der Waals surface area contributed by atoms with Crippen LogP contribution in [-0.4, -0.2) is 195 Å². The van der Waals surface area contributed by atoms with Crippen LogP contribution < -0.4 is 5.73 Å². The number of hydrogen-bond donors (Lipinski definition) is 7. The quantitative estimate of drug-likeness (QED) is 0.0319. The van der Waals surface area contributed by atoms with Gasteiger partial charge in [-0.1, -0.05) is 170 Å². The number of thioether (sulfide) groups is 3. The van der Waals surface area contributed by atoms with Crippen LogP contribution in [0.15, 0.2) is 50.6 Å². The average Bonchev–Trinajstić information content (AvgIpc) is 1.50. The van der Waals surface area contributed by atoms with Gasteiger partial charge in [0.2, 0.25) is 0 Å². The highest BCUT2D eigenvalue weighted by Crippen LogP contribution is 2.73. The van der Waals surface area contributed by atoms with Crippen molar-refractivity contribution in [3.05, 3.63) is 50.6 Å². The van der Waals surface area contributed by atoms with Crippen LogP contribution in [0.4, 0.5) is 0 Å². The van der Waals surface area contributed by atoms with Crippen LogP contribution >= 0.6 is 35.3 Å². The third kappa shape index (κ3) is 18.6.